The molecule has 0 amide bonds. The first kappa shape index (κ1) is 8.80. The van der Waals surface area contributed by atoms with Gasteiger partial charge in [0.05, 0.1) is 0 Å². The van der Waals surface area contributed by atoms with Gasteiger partial charge in [-0.25, -0.2) is 0 Å². The highest BCUT2D eigenvalue weighted by Gasteiger charge is 2.20. The van der Waals surface area contributed by atoms with Gasteiger partial charge in [-0.1, -0.05) is 49.3 Å². The molecular weight excluding hydrogens is 156 g/mol. The van der Waals surface area contributed by atoms with Crippen molar-refractivity contribution in [1.82, 2.24) is 0 Å². The van der Waals surface area contributed by atoms with Crippen molar-refractivity contribution in [2.75, 3.05) is 0 Å². The van der Waals surface area contributed by atoms with Gasteiger partial charge in [0.15, 0.2) is 0 Å². The Morgan fingerprint density at radius 1 is 1.31 bits per heavy atom. The van der Waals surface area contributed by atoms with E-state index in [-0.39, 0.29) is 0 Å². The van der Waals surface area contributed by atoms with Crippen molar-refractivity contribution in [3.63, 3.8) is 0 Å². The monoisotopic (exact) mass is 174 g/mol. The highest BCUT2D eigenvalue weighted by molar-refractivity contribution is 5.30. The molecule has 0 fully saturated rings. The fourth-order valence-electron chi connectivity index (χ4n) is 2.23. The summed E-state index contributed by atoms with van der Waals surface area (Å²) in [6.45, 7) is 4.60. The topological polar surface area (TPSA) is 0 Å². The van der Waals surface area contributed by atoms with E-state index in [0.29, 0.717) is 0 Å². The molecule has 0 saturated heterocycles. The van der Waals surface area contributed by atoms with Crippen LogP contribution in [-0.4, -0.2) is 0 Å². The van der Waals surface area contributed by atoms with E-state index < -0.39 is 0 Å². The molecule has 0 aromatic rings. The summed E-state index contributed by atoms with van der Waals surface area (Å²) >= 11 is 0. The first-order valence-electron chi connectivity index (χ1n) is 5.32. The standard InChI is InChI=1S/C13H18/c1-10(2)12-8-7-11-5-3-4-6-13(11)9-12/h4-6,8,10,13H,3,7,9H2,1-2H3. The fraction of sp³-hybridized carbons (Fsp3) is 0.538. The molecule has 0 saturated carbocycles. The third kappa shape index (κ3) is 1.77. The molecule has 0 nitrogen and oxygen atoms in total. The molecule has 2 rings (SSSR count). The summed E-state index contributed by atoms with van der Waals surface area (Å²) in [4.78, 5) is 0. The fourth-order valence-corrected chi connectivity index (χ4v) is 2.23. The van der Waals surface area contributed by atoms with Crippen LogP contribution < -0.4 is 0 Å². The third-order valence-electron chi connectivity index (χ3n) is 3.16. The van der Waals surface area contributed by atoms with Crippen molar-refractivity contribution in [3.8, 4) is 0 Å². The lowest BCUT2D eigenvalue weighted by molar-refractivity contribution is 0.606. The first-order valence-corrected chi connectivity index (χ1v) is 5.32. The minimum atomic E-state index is 0.733. The summed E-state index contributed by atoms with van der Waals surface area (Å²) in [6, 6.07) is 0. The van der Waals surface area contributed by atoms with Crippen LogP contribution in [0.3, 0.4) is 0 Å². The van der Waals surface area contributed by atoms with E-state index in [4.69, 9.17) is 0 Å². The van der Waals surface area contributed by atoms with E-state index in [1.54, 1.807) is 11.1 Å². The van der Waals surface area contributed by atoms with Gasteiger partial charge in [0.2, 0.25) is 0 Å². The number of allylic oxidation sites excluding steroid dienone is 6. The Morgan fingerprint density at radius 3 is 2.92 bits per heavy atom. The van der Waals surface area contributed by atoms with Crippen LogP contribution in [0.15, 0.2) is 35.5 Å². The van der Waals surface area contributed by atoms with Crippen LogP contribution in [0.2, 0.25) is 0 Å². The molecule has 0 heterocycles. The molecule has 1 atom stereocenters. The zero-order valence-electron chi connectivity index (χ0n) is 8.59. The lowest BCUT2D eigenvalue weighted by Gasteiger charge is -2.27. The quantitative estimate of drug-likeness (QED) is 0.529. The van der Waals surface area contributed by atoms with Crippen molar-refractivity contribution in [2.45, 2.75) is 33.1 Å². The zero-order chi connectivity index (χ0) is 9.26. The molecular formula is C13H18. The molecule has 0 bridgehead atoms. The van der Waals surface area contributed by atoms with E-state index in [1.165, 1.54) is 12.8 Å². The van der Waals surface area contributed by atoms with Gasteiger partial charge >= 0.3 is 0 Å². The van der Waals surface area contributed by atoms with Crippen LogP contribution in [0.4, 0.5) is 0 Å². The average Bonchev–Trinajstić information content (AvgIpc) is 2.17. The van der Waals surface area contributed by atoms with E-state index in [2.05, 4.69) is 38.2 Å². The Labute approximate surface area is 81.0 Å². The van der Waals surface area contributed by atoms with Gasteiger partial charge in [0.1, 0.15) is 0 Å². The summed E-state index contributed by atoms with van der Waals surface area (Å²) in [6.07, 6.45) is 13.1. The summed E-state index contributed by atoms with van der Waals surface area (Å²) in [7, 11) is 0. The molecule has 1 unspecified atom stereocenters. The summed E-state index contributed by atoms with van der Waals surface area (Å²) < 4.78 is 0. The predicted octanol–water partition coefficient (Wildman–Crippen LogP) is 3.87. The van der Waals surface area contributed by atoms with Gasteiger partial charge in [-0.15, -0.1) is 0 Å². The Bertz CT molecular complexity index is 276. The largest absolute Gasteiger partial charge is 0.0841 e. The Morgan fingerprint density at radius 2 is 2.15 bits per heavy atom. The molecule has 0 aliphatic heterocycles. The van der Waals surface area contributed by atoms with Crippen LogP contribution in [-0.2, 0) is 0 Å². The smallest absolute Gasteiger partial charge is 0.00173 e. The molecule has 0 radical (unpaired) electrons. The molecule has 2 aliphatic rings. The Kier molecular flexibility index (Phi) is 2.39. The lowest BCUT2D eigenvalue weighted by Crippen LogP contribution is -2.12. The maximum absolute atomic E-state index is 2.44. The van der Waals surface area contributed by atoms with E-state index in [1.807, 2.05) is 0 Å². The highest BCUT2D eigenvalue weighted by Crippen LogP contribution is 2.35. The normalized spacial score (nSPS) is 26.8. The predicted molar refractivity (Wildman–Crippen MR) is 57.5 cm³/mol. The second kappa shape index (κ2) is 3.53. The molecule has 2 aliphatic carbocycles. The van der Waals surface area contributed by atoms with Crippen molar-refractivity contribution < 1.29 is 0 Å². The Balaban J connectivity index is 2.16. The van der Waals surface area contributed by atoms with Crippen LogP contribution in [0.5, 0.6) is 0 Å². The molecule has 70 valence electrons. The molecule has 13 heavy (non-hydrogen) atoms. The second-order valence-corrected chi connectivity index (χ2v) is 4.39. The van der Waals surface area contributed by atoms with Crippen molar-refractivity contribution in [3.05, 3.63) is 35.5 Å². The van der Waals surface area contributed by atoms with Gasteiger partial charge in [-0.05, 0) is 25.2 Å². The molecule has 0 aromatic heterocycles. The van der Waals surface area contributed by atoms with Crippen LogP contribution in [0, 0.1) is 11.8 Å². The zero-order valence-corrected chi connectivity index (χ0v) is 8.59. The van der Waals surface area contributed by atoms with E-state index in [0.717, 1.165) is 18.3 Å². The summed E-state index contributed by atoms with van der Waals surface area (Å²) in [5.41, 5.74) is 3.29. The van der Waals surface area contributed by atoms with Crippen molar-refractivity contribution >= 4 is 0 Å². The number of hydrogen-bond donors (Lipinski definition) is 0. The lowest BCUT2D eigenvalue weighted by atomic mass is 9.78. The molecule has 0 N–H and O–H groups in total. The minimum absolute atomic E-state index is 0.733. The number of hydrogen-bond acceptors (Lipinski definition) is 0. The second-order valence-electron chi connectivity index (χ2n) is 4.39. The Hall–Kier alpha value is -0.780. The van der Waals surface area contributed by atoms with Gasteiger partial charge in [0, 0.05) is 5.92 Å². The van der Waals surface area contributed by atoms with Crippen molar-refractivity contribution in [1.29, 1.82) is 0 Å². The maximum Gasteiger partial charge on any atom is 0.00173 e. The molecule has 0 heteroatoms. The van der Waals surface area contributed by atoms with E-state index in [9.17, 15) is 0 Å². The van der Waals surface area contributed by atoms with Gasteiger partial charge in [-0.2, -0.15) is 0 Å². The van der Waals surface area contributed by atoms with Crippen molar-refractivity contribution in [2.24, 2.45) is 11.8 Å². The SMILES string of the molecule is CC(C)C1=CCC2=CCC=CC2C1. The van der Waals surface area contributed by atoms with Gasteiger partial charge in [-0.3, -0.25) is 0 Å². The highest BCUT2D eigenvalue weighted by atomic mass is 14.2. The van der Waals surface area contributed by atoms with Gasteiger partial charge < -0.3 is 0 Å². The molecule has 0 spiro atoms. The number of rotatable bonds is 1. The van der Waals surface area contributed by atoms with Crippen LogP contribution >= 0.6 is 0 Å². The number of fused-ring (bicyclic) bond motifs is 1. The molecule has 0 aromatic carbocycles. The summed E-state index contributed by atoms with van der Waals surface area (Å²) in [5.74, 6) is 1.47. The van der Waals surface area contributed by atoms with Crippen LogP contribution in [0.25, 0.3) is 0 Å². The first-order chi connectivity index (χ1) is 6.27. The maximum atomic E-state index is 2.44. The van der Waals surface area contributed by atoms with E-state index >= 15 is 0 Å². The van der Waals surface area contributed by atoms with Gasteiger partial charge in [0.25, 0.3) is 0 Å². The van der Waals surface area contributed by atoms with Crippen LogP contribution in [0.1, 0.15) is 33.1 Å². The summed E-state index contributed by atoms with van der Waals surface area (Å²) in [5, 5.41) is 0. The average molecular weight is 174 g/mol. The minimum Gasteiger partial charge on any atom is -0.0841 e. The third-order valence-corrected chi connectivity index (χ3v) is 3.16.